The van der Waals surface area contributed by atoms with Gasteiger partial charge in [-0.05, 0) is 54.1 Å². The summed E-state index contributed by atoms with van der Waals surface area (Å²) in [5.41, 5.74) is -2.27. The first-order valence-electron chi connectivity index (χ1n) is 13.2. The molecule has 0 aromatic heterocycles. The first-order valence-corrected chi connectivity index (χ1v) is 14.4. The molecule has 42 heavy (non-hydrogen) atoms. The molecule has 0 spiro atoms. The van der Waals surface area contributed by atoms with E-state index in [4.69, 9.17) is 11.6 Å². The highest BCUT2D eigenvalue weighted by atomic mass is 35.5. The van der Waals surface area contributed by atoms with Crippen molar-refractivity contribution in [1.82, 2.24) is 14.7 Å². The van der Waals surface area contributed by atoms with E-state index in [0.29, 0.717) is 30.2 Å². The summed E-state index contributed by atoms with van der Waals surface area (Å²) in [6.07, 6.45) is -9.97. The van der Waals surface area contributed by atoms with Crippen molar-refractivity contribution in [3.8, 4) is 0 Å². The van der Waals surface area contributed by atoms with E-state index in [0.717, 1.165) is 37.6 Å². The second kappa shape index (κ2) is 12.4. The van der Waals surface area contributed by atoms with Gasteiger partial charge < -0.3 is 10.2 Å². The molecular weight excluding hydrogens is 602 g/mol. The van der Waals surface area contributed by atoms with E-state index in [1.807, 2.05) is 36.4 Å². The molecule has 2 fully saturated rings. The molecule has 2 aliphatic heterocycles. The molecule has 2 saturated heterocycles. The summed E-state index contributed by atoms with van der Waals surface area (Å²) in [7, 11) is 0. The van der Waals surface area contributed by atoms with E-state index >= 15 is 0 Å². The molecule has 1 N–H and O–H groups in total. The SMILES string of the molecule is O=C(Nc1cc(C(F)(F)F)cc(C(F)(F)F)c1)N1CC(N2CCN(Cc3ccccc3Sc3ccc(Cl)cc3)CC2)C1. The lowest BCUT2D eigenvalue weighted by Crippen LogP contribution is -2.64. The van der Waals surface area contributed by atoms with E-state index in [-0.39, 0.29) is 12.1 Å². The molecule has 0 bridgehead atoms. The third-order valence-electron chi connectivity index (χ3n) is 7.32. The molecule has 0 radical (unpaired) electrons. The van der Waals surface area contributed by atoms with Gasteiger partial charge in [0.05, 0.1) is 11.1 Å². The number of urea groups is 1. The van der Waals surface area contributed by atoms with E-state index in [2.05, 4.69) is 27.2 Å². The zero-order valence-corrected chi connectivity index (χ0v) is 23.8. The van der Waals surface area contributed by atoms with Gasteiger partial charge in [-0.1, -0.05) is 41.6 Å². The van der Waals surface area contributed by atoms with Gasteiger partial charge in [-0.25, -0.2) is 4.79 Å². The van der Waals surface area contributed by atoms with E-state index in [9.17, 15) is 31.1 Å². The fraction of sp³-hybridized carbons (Fsp3) is 0.345. The highest BCUT2D eigenvalue weighted by Gasteiger charge is 2.39. The Morgan fingerprint density at radius 2 is 1.45 bits per heavy atom. The molecule has 224 valence electrons. The van der Waals surface area contributed by atoms with Crippen LogP contribution >= 0.6 is 23.4 Å². The quantitative estimate of drug-likeness (QED) is 0.286. The number of alkyl halides is 6. The minimum atomic E-state index is -4.98. The lowest BCUT2D eigenvalue weighted by atomic mass is 10.1. The first kappa shape index (κ1) is 30.5. The Balaban J connectivity index is 1.11. The largest absolute Gasteiger partial charge is 0.416 e. The van der Waals surface area contributed by atoms with Crippen LogP contribution in [0.15, 0.2) is 76.5 Å². The third-order valence-corrected chi connectivity index (χ3v) is 8.70. The number of piperazine rings is 1. The van der Waals surface area contributed by atoms with Gasteiger partial charge in [0, 0.05) is 72.4 Å². The van der Waals surface area contributed by atoms with Gasteiger partial charge in [0.15, 0.2) is 0 Å². The summed E-state index contributed by atoms with van der Waals surface area (Å²) >= 11 is 7.69. The molecule has 2 aliphatic rings. The normalized spacial score (nSPS) is 17.3. The molecule has 0 saturated carbocycles. The van der Waals surface area contributed by atoms with Crippen LogP contribution in [0.4, 0.5) is 36.8 Å². The van der Waals surface area contributed by atoms with E-state index in [1.165, 1.54) is 15.4 Å². The van der Waals surface area contributed by atoms with Gasteiger partial charge in [-0.3, -0.25) is 9.80 Å². The standard InChI is InChI=1S/C29H27ClF6N4OS/c30-22-5-7-25(8-6-22)42-26-4-2-1-3-19(26)16-38-9-11-39(12-10-38)24-17-40(18-24)27(41)37-23-14-20(28(31,32)33)13-21(15-23)29(34,35)36/h1-8,13-15,24H,9-12,16-18H2,(H,37,41). The van der Waals surface area contributed by atoms with Crippen LogP contribution in [0, 0.1) is 0 Å². The predicted molar refractivity (Wildman–Crippen MR) is 150 cm³/mol. The summed E-state index contributed by atoms with van der Waals surface area (Å²) in [6.45, 7) is 4.71. The van der Waals surface area contributed by atoms with Crippen molar-refractivity contribution in [2.75, 3.05) is 44.6 Å². The number of hydrogen-bond acceptors (Lipinski definition) is 4. The zero-order valence-electron chi connectivity index (χ0n) is 22.2. The van der Waals surface area contributed by atoms with Crippen LogP contribution in [-0.4, -0.2) is 66.0 Å². The second-order valence-electron chi connectivity index (χ2n) is 10.3. The van der Waals surface area contributed by atoms with Gasteiger partial charge in [0.1, 0.15) is 0 Å². The Bertz CT molecular complexity index is 1370. The number of amides is 2. The van der Waals surface area contributed by atoms with Crippen LogP contribution in [-0.2, 0) is 18.9 Å². The van der Waals surface area contributed by atoms with Crippen LogP contribution < -0.4 is 5.32 Å². The number of anilines is 1. The molecule has 5 rings (SSSR count). The molecule has 2 amide bonds. The fourth-order valence-corrected chi connectivity index (χ4v) is 6.04. The Morgan fingerprint density at radius 3 is 2.05 bits per heavy atom. The summed E-state index contributed by atoms with van der Waals surface area (Å²) in [4.78, 5) is 20.9. The van der Waals surface area contributed by atoms with Crippen molar-refractivity contribution in [1.29, 1.82) is 0 Å². The number of nitrogens with zero attached hydrogens (tertiary/aromatic N) is 3. The Hall–Kier alpha value is -2.93. The molecular formula is C29H27ClF6N4OS. The van der Waals surface area contributed by atoms with Gasteiger partial charge in [-0.15, -0.1) is 0 Å². The molecule has 3 aromatic rings. The number of rotatable bonds is 6. The van der Waals surface area contributed by atoms with E-state index in [1.54, 1.807) is 11.8 Å². The Labute approximate surface area is 248 Å². The highest BCUT2D eigenvalue weighted by Crippen LogP contribution is 2.38. The maximum Gasteiger partial charge on any atom is 0.416 e. The number of hydrogen-bond donors (Lipinski definition) is 1. The van der Waals surface area contributed by atoms with Crippen molar-refractivity contribution in [3.63, 3.8) is 0 Å². The van der Waals surface area contributed by atoms with Crippen LogP contribution in [0.25, 0.3) is 0 Å². The first-order chi connectivity index (χ1) is 19.8. The van der Waals surface area contributed by atoms with Crippen molar-refractivity contribution < 1.29 is 31.1 Å². The molecule has 0 aliphatic carbocycles. The molecule has 13 heteroatoms. The van der Waals surface area contributed by atoms with Crippen LogP contribution in [0.1, 0.15) is 16.7 Å². The van der Waals surface area contributed by atoms with Crippen LogP contribution in [0.5, 0.6) is 0 Å². The topological polar surface area (TPSA) is 38.8 Å². The molecule has 3 aromatic carbocycles. The highest BCUT2D eigenvalue weighted by molar-refractivity contribution is 7.99. The van der Waals surface area contributed by atoms with Gasteiger partial charge in [0.25, 0.3) is 0 Å². The third kappa shape index (κ3) is 7.52. The number of carbonyl (C=O) groups excluding carboxylic acids is 1. The smallest absolute Gasteiger partial charge is 0.321 e. The minimum Gasteiger partial charge on any atom is -0.321 e. The summed E-state index contributed by atoms with van der Waals surface area (Å²) in [5, 5.41) is 2.89. The number of carbonyl (C=O) groups is 1. The molecule has 0 atom stereocenters. The molecule has 0 unspecified atom stereocenters. The number of likely N-dealkylation sites (tertiary alicyclic amines) is 1. The Kier molecular flexibility index (Phi) is 8.98. The number of nitrogens with one attached hydrogen (secondary N) is 1. The van der Waals surface area contributed by atoms with Gasteiger partial charge in [0.2, 0.25) is 0 Å². The van der Waals surface area contributed by atoms with E-state index < -0.39 is 35.2 Å². The fourth-order valence-electron chi connectivity index (χ4n) is 4.97. The minimum absolute atomic E-state index is 0.0338. The number of benzene rings is 3. The second-order valence-corrected chi connectivity index (χ2v) is 11.8. The average molecular weight is 629 g/mol. The van der Waals surface area contributed by atoms with Crippen LogP contribution in [0.2, 0.25) is 5.02 Å². The van der Waals surface area contributed by atoms with Crippen molar-refractivity contribution in [2.45, 2.75) is 34.7 Å². The Morgan fingerprint density at radius 1 is 0.857 bits per heavy atom. The zero-order chi connectivity index (χ0) is 30.1. The van der Waals surface area contributed by atoms with Gasteiger partial charge >= 0.3 is 18.4 Å². The lowest BCUT2D eigenvalue weighted by Gasteiger charge is -2.48. The maximum absolute atomic E-state index is 13.1. The molecule has 2 heterocycles. The maximum atomic E-state index is 13.1. The van der Waals surface area contributed by atoms with Crippen LogP contribution in [0.3, 0.4) is 0 Å². The average Bonchev–Trinajstić information content (AvgIpc) is 2.90. The number of halogens is 7. The predicted octanol–water partition coefficient (Wildman–Crippen LogP) is 7.56. The van der Waals surface area contributed by atoms with Crippen molar-refractivity contribution in [2.24, 2.45) is 0 Å². The molecule has 5 nitrogen and oxygen atoms in total. The summed E-state index contributed by atoms with van der Waals surface area (Å²) < 4.78 is 78.8. The summed E-state index contributed by atoms with van der Waals surface area (Å²) in [6, 6.07) is 16.4. The van der Waals surface area contributed by atoms with Gasteiger partial charge in [-0.2, -0.15) is 26.3 Å². The summed E-state index contributed by atoms with van der Waals surface area (Å²) in [5.74, 6) is 0. The monoisotopic (exact) mass is 628 g/mol. The van der Waals surface area contributed by atoms with Crippen molar-refractivity contribution in [3.05, 3.63) is 88.4 Å². The lowest BCUT2D eigenvalue weighted by molar-refractivity contribution is -0.143. The van der Waals surface area contributed by atoms with Crippen molar-refractivity contribution >= 4 is 35.1 Å².